The van der Waals surface area contributed by atoms with Crippen molar-refractivity contribution in [2.45, 2.75) is 19.3 Å². The molecule has 2 aliphatic rings. The molecule has 1 saturated heterocycles. The first-order valence-corrected chi connectivity index (χ1v) is 8.00. The fraction of sp³-hybridized carbons (Fsp3) is 0.500. The Morgan fingerprint density at radius 2 is 1.91 bits per heavy atom. The zero-order valence-electron chi connectivity index (χ0n) is 13.1. The normalized spacial score (nSPS) is 18.6. The van der Waals surface area contributed by atoms with Gasteiger partial charge in [-0.2, -0.15) is 0 Å². The number of rotatable bonds is 1. The fourth-order valence-corrected chi connectivity index (χ4v) is 3.60. The third-order valence-corrected chi connectivity index (χ3v) is 4.98. The maximum atomic E-state index is 14.5. The van der Waals surface area contributed by atoms with Crippen LogP contribution in [0.1, 0.15) is 17.8 Å². The van der Waals surface area contributed by atoms with E-state index in [0.29, 0.717) is 43.0 Å². The number of anilines is 1. The van der Waals surface area contributed by atoms with Crippen LogP contribution < -0.4 is 9.33 Å². The molecule has 4 rings (SSSR count). The van der Waals surface area contributed by atoms with Crippen molar-refractivity contribution < 1.29 is 8.82 Å². The summed E-state index contributed by atoms with van der Waals surface area (Å²) in [4.78, 5) is 16.7. The van der Waals surface area contributed by atoms with E-state index in [1.807, 2.05) is 11.9 Å². The molecule has 1 fully saturated rings. The molecule has 23 heavy (non-hydrogen) atoms. The van der Waals surface area contributed by atoms with Crippen LogP contribution in [-0.4, -0.2) is 42.9 Å². The average molecular weight is 318 g/mol. The van der Waals surface area contributed by atoms with Crippen molar-refractivity contribution in [3.05, 3.63) is 39.5 Å². The fourth-order valence-electron chi connectivity index (χ4n) is 3.60. The molecule has 0 radical (unpaired) electrons. The molecular weight excluding hydrogens is 299 g/mol. The highest BCUT2D eigenvalue weighted by Crippen LogP contribution is 2.28. The molecule has 0 N–H and O–H groups in total. The smallest absolute Gasteiger partial charge is 0.288 e. The third-order valence-electron chi connectivity index (χ3n) is 4.98. The second-order valence-corrected chi connectivity index (χ2v) is 6.42. The van der Waals surface area contributed by atoms with Crippen LogP contribution in [0.15, 0.2) is 12.1 Å². The highest BCUT2D eigenvalue weighted by atomic mass is 19.1. The van der Waals surface area contributed by atoms with E-state index in [0.717, 1.165) is 28.7 Å². The lowest BCUT2D eigenvalue weighted by molar-refractivity contribution is -0.474. The number of hydrogen-bond acceptors (Lipinski definition) is 4. The van der Waals surface area contributed by atoms with Gasteiger partial charge in [-0.15, -0.1) is 0 Å². The zero-order valence-corrected chi connectivity index (χ0v) is 13.1. The molecule has 6 nitrogen and oxygen atoms in total. The van der Waals surface area contributed by atoms with Gasteiger partial charge < -0.3 is 19.7 Å². The Balaban J connectivity index is 1.89. The first kappa shape index (κ1) is 14.4. The zero-order chi connectivity index (χ0) is 16.1. The summed E-state index contributed by atoms with van der Waals surface area (Å²) in [6.45, 7) is 3.11. The summed E-state index contributed by atoms with van der Waals surface area (Å²) in [5.74, 6) is -0.440. The highest BCUT2D eigenvalue weighted by Gasteiger charge is 2.28. The van der Waals surface area contributed by atoms with Gasteiger partial charge in [0.2, 0.25) is 0 Å². The molecule has 0 amide bonds. The van der Waals surface area contributed by atoms with Gasteiger partial charge in [0.25, 0.3) is 11.2 Å². The minimum Gasteiger partial charge on any atom is -0.805 e. The number of benzene rings is 1. The Labute approximate surface area is 132 Å². The summed E-state index contributed by atoms with van der Waals surface area (Å²) in [5, 5.41) is 12.4. The van der Waals surface area contributed by atoms with Crippen LogP contribution in [0.3, 0.4) is 0 Å². The second-order valence-electron chi connectivity index (χ2n) is 6.42. The molecule has 0 spiro atoms. The van der Waals surface area contributed by atoms with E-state index < -0.39 is 5.82 Å². The summed E-state index contributed by atoms with van der Waals surface area (Å²) < 4.78 is 16.1. The Morgan fingerprint density at radius 3 is 2.65 bits per heavy atom. The van der Waals surface area contributed by atoms with Crippen molar-refractivity contribution in [2.24, 2.45) is 0 Å². The van der Waals surface area contributed by atoms with Crippen molar-refractivity contribution in [1.82, 2.24) is 9.63 Å². The van der Waals surface area contributed by atoms with Crippen LogP contribution in [0, 0.1) is 15.9 Å². The van der Waals surface area contributed by atoms with Crippen molar-refractivity contribution in [2.75, 3.05) is 38.1 Å². The van der Waals surface area contributed by atoms with Crippen molar-refractivity contribution in [1.29, 1.82) is 0 Å². The molecule has 0 bridgehead atoms. The van der Waals surface area contributed by atoms with E-state index in [9.17, 15) is 14.5 Å². The largest absolute Gasteiger partial charge is 0.805 e. The standard InChI is InChI=1S/C16H19FN4O2/c1-18-5-7-19(8-6-18)14-10-16-15(9-11(14)17)20(22)12-3-2-4-13(12)21(16)23/h9-10H,2-8H2,1H3. The van der Waals surface area contributed by atoms with Crippen LogP contribution in [0.4, 0.5) is 10.1 Å². The minimum atomic E-state index is -0.440. The van der Waals surface area contributed by atoms with Gasteiger partial charge >= 0.3 is 0 Å². The first-order valence-electron chi connectivity index (χ1n) is 8.00. The van der Waals surface area contributed by atoms with Gasteiger partial charge in [-0.1, -0.05) is 0 Å². The quantitative estimate of drug-likeness (QED) is 0.743. The number of piperazine rings is 1. The molecule has 0 atom stereocenters. The van der Waals surface area contributed by atoms with Crippen LogP contribution in [-0.2, 0) is 12.8 Å². The van der Waals surface area contributed by atoms with Gasteiger partial charge in [0, 0.05) is 49.6 Å². The number of hydrogen-bond donors (Lipinski definition) is 0. The van der Waals surface area contributed by atoms with Crippen molar-refractivity contribution >= 4 is 16.7 Å². The lowest BCUT2D eigenvalue weighted by atomic mass is 10.2. The Bertz CT molecular complexity index is 840. The van der Waals surface area contributed by atoms with E-state index in [-0.39, 0.29) is 11.0 Å². The van der Waals surface area contributed by atoms with Gasteiger partial charge in [-0.25, -0.2) is 4.39 Å². The SMILES string of the molecule is CN1CCN(c2cc3c(cc2F)n([O-])c2c([n+]3=O)CCC2)CC1. The van der Waals surface area contributed by atoms with E-state index in [1.54, 1.807) is 0 Å². The monoisotopic (exact) mass is 318 g/mol. The molecular formula is C16H19FN4O2. The Kier molecular flexibility index (Phi) is 3.26. The molecule has 1 aliphatic carbocycles. The van der Waals surface area contributed by atoms with Gasteiger partial charge in [0.05, 0.1) is 15.8 Å². The van der Waals surface area contributed by atoms with Crippen molar-refractivity contribution in [3.63, 3.8) is 0 Å². The number of aromatic nitrogens is 2. The van der Waals surface area contributed by atoms with Gasteiger partial charge in [-0.05, 0) is 19.9 Å². The minimum absolute atomic E-state index is 0.121. The lowest BCUT2D eigenvalue weighted by Gasteiger charge is -2.34. The van der Waals surface area contributed by atoms with E-state index in [4.69, 9.17) is 0 Å². The highest BCUT2D eigenvalue weighted by molar-refractivity contribution is 5.78. The number of likely N-dealkylation sites (N-methyl/N-ethyl adjacent to an activating group) is 1. The molecule has 2 heterocycles. The molecule has 0 saturated carbocycles. The van der Waals surface area contributed by atoms with E-state index >= 15 is 0 Å². The van der Waals surface area contributed by atoms with Gasteiger partial charge in [0.1, 0.15) is 11.3 Å². The van der Waals surface area contributed by atoms with Gasteiger partial charge in [-0.3, -0.25) is 0 Å². The van der Waals surface area contributed by atoms with Crippen LogP contribution in [0.2, 0.25) is 0 Å². The molecule has 0 unspecified atom stereocenters. The lowest BCUT2D eigenvalue weighted by Crippen LogP contribution is -2.44. The Hall–Kier alpha value is -2.15. The second kappa shape index (κ2) is 5.19. The summed E-state index contributed by atoms with van der Waals surface area (Å²) >= 11 is 0. The van der Waals surface area contributed by atoms with Gasteiger partial charge in [0.15, 0.2) is 0 Å². The van der Waals surface area contributed by atoms with E-state index in [1.165, 1.54) is 12.1 Å². The van der Waals surface area contributed by atoms with Crippen molar-refractivity contribution in [3.8, 4) is 0 Å². The maximum Gasteiger partial charge on any atom is 0.288 e. The summed E-state index contributed by atoms with van der Waals surface area (Å²) in [7, 11) is 2.03. The molecule has 1 aromatic carbocycles. The first-order chi connectivity index (χ1) is 11.1. The van der Waals surface area contributed by atoms with Crippen LogP contribution in [0.25, 0.3) is 11.0 Å². The topological polar surface area (TPSA) is 57.4 Å². The number of nitrogens with zero attached hydrogens (tertiary/aromatic N) is 4. The molecule has 7 heteroatoms. The predicted octanol–water partition coefficient (Wildman–Crippen LogP) is 1.28. The van der Waals surface area contributed by atoms with Crippen LogP contribution in [0.5, 0.6) is 0 Å². The summed E-state index contributed by atoms with van der Waals surface area (Å²) in [5.41, 5.74) is 1.81. The molecule has 2 aromatic rings. The molecule has 1 aromatic heterocycles. The summed E-state index contributed by atoms with van der Waals surface area (Å²) in [6.07, 6.45) is 1.99. The third kappa shape index (κ3) is 2.18. The van der Waals surface area contributed by atoms with Crippen LogP contribution >= 0.6 is 0 Å². The Morgan fingerprint density at radius 1 is 1.17 bits per heavy atom. The van der Waals surface area contributed by atoms with E-state index in [2.05, 4.69) is 4.90 Å². The maximum absolute atomic E-state index is 14.5. The molecule has 122 valence electrons. The summed E-state index contributed by atoms with van der Waals surface area (Å²) in [6, 6.07) is 2.75. The predicted molar refractivity (Wildman–Crippen MR) is 85.8 cm³/mol. The number of fused-ring (bicyclic) bond motifs is 2. The average Bonchev–Trinajstić information content (AvgIpc) is 3.03. The molecule has 1 aliphatic heterocycles. The number of halogens is 1.